The summed E-state index contributed by atoms with van der Waals surface area (Å²) in [5.41, 5.74) is 3.59. The molecule has 0 aliphatic carbocycles. The molecule has 0 saturated carbocycles. The van der Waals surface area contributed by atoms with E-state index in [0.29, 0.717) is 6.61 Å². The Morgan fingerprint density at radius 2 is 2.00 bits per heavy atom. The van der Waals surface area contributed by atoms with Gasteiger partial charge < -0.3 is 9.84 Å². The lowest BCUT2D eigenvalue weighted by Crippen LogP contribution is -2.45. The molecule has 0 spiro atoms. The lowest BCUT2D eigenvalue weighted by atomic mass is 10.0. The highest BCUT2D eigenvalue weighted by Crippen LogP contribution is 2.26. The van der Waals surface area contributed by atoms with Crippen molar-refractivity contribution in [3.63, 3.8) is 0 Å². The lowest BCUT2D eigenvalue weighted by molar-refractivity contribution is -0.144. The maximum atomic E-state index is 11.3. The average molecular weight is 305 g/mol. The van der Waals surface area contributed by atoms with E-state index < -0.39 is 5.97 Å². The van der Waals surface area contributed by atoms with Crippen molar-refractivity contribution >= 4 is 5.97 Å². The van der Waals surface area contributed by atoms with Crippen molar-refractivity contribution in [2.45, 2.75) is 52.5 Å². The van der Waals surface area contributed by atoms with Crippen LogP contribution in [-0.2, 0) is 4.79 Å². The Balaban J connectivity index is 1.84. The predicted molar refractivity (Wildman–Crippen MR) is 87.6 cm³/mol. The number of aliphatic carboxylic acids is 1. The molecule has 1 aromatic rings. The maximum absolute atomic E-state index is 11.3. The van der Waals surface area contributed by atoms with Gasteiger partial charge in [0.1, 0.15) is 11.8 Å². The van der Waals surface area contributed by atoms with Gasteiger partial charge >= 0.3 is 5.97 Å². The molecule has 1 aliphatic rings. The smallest absolute Gasteiger partial charge is 0.320 e. The van der Waals surface area contributed by atoms with E-state index in [1.165, 1.54) is 11.1 Å². The van der Waals surface area contributed by atoms with Gasteiger partial charge in [0.15, 0.2) is 0 Å². The molecular weight excluding hydrogens is 278 g/mol. The van der Waals surface area contributed by atoms with Gasteiger partial charge in [0.25, 0.3) is 0 Å². The summed E-state index contributed by atoms with van der Waals surface area (Å²) in [6.07, 6.45) is 3.75. The summed E-state index contributed by atoms with van der Waals surface area (Å²) in [5, 5.41) is 9.27. The zero-order valence-electron chi connectivity index (χ0n) is 13.9. The number of likely N-dealkylation sites (tertiary alicyclic amines) is 1. The molecule has 0 radical (unpaired) electrons. The number of benzene rings is 1. The number of rotatable bonds is 6. The summed E-state index contributed by atoms with van der Waals surface area (Å²) >= 11 is 0. The first-order valence-electron chi connectivity index (χ1n) is 8.17. The maximum Gasteiger partial charge on any atom is 0.320 e. The third-order valence-corrected chi connectivity index (χ3v) is 4.61. The second-order valence-electron chi connectivity index (χ2n) is 6.24. The van der Waals surface area contributed by atoms with Crippen LogP contribution in [-0.4, -0.2) is 41.7 Å². The van der Waals surface area contributed by atoms with E-state index in [1.54, 1.807) is 0 Å². The van der Waals surface area contributed by atoms with Gasteiger partial charge in [-0.15, -0.1) is 0 Å². The number of hydrogen-bond acceptors (Lipinski definition) is 3. The second-order valence-corrected chi connectivity index (χ2v) is 6.24. The summed E-state index contributed by atoms with van der Waals surface area (Å²) in [6.45, 7) is 8.55. The SMILES string of the molecule is Cc1ccc(C)c(OCCCN2CCCCC2C(=O)O)c1C. The molecule has 1 fully saturated rings. The summed E-state index contributed by atoms with van der Waals surface area (Å²) < 4.78 is 5.96. The first-order chi connectivity index (χ1) is 10.5. The van der Waals surface area contributed by atoms with Crippen molar-refractivity contribution in [1.29, 1.82) is 0 Å². The van der Waals surface area contributed by atoms with E-state index >= 15 is 0 Å². The molecule has 1 N–H and O–H groups in total. The fourth-order valence-electron chi connectivity index (χ4n) is 3.13. The molecule has 1 saturated heterocycles. The van der Waals surface area contributed by atoms with Crippen LogP contribution in [0.1, 0.15) is 42.4 Å². The summed E-state index contributed by atoms with van der Waals surface area (Å²) in [5.74, 6) is 0.291. The van der Waals surface area contributed by atoms with Gasteiger partial charge in [-0.3, -0.25) is 9.69 Å². The van der Waals surface area contributed by atoms with E-state index in [9.17, 15) is 9.90 Å². The minimum atomic E-state index is -0.689. The Labute approximate surface area is 133 Å². The minimum Gasteiger partial charge on any atom is -0.493 e. The summed E-state index contributed by atoms with van der Waals surface area (Å²) in [6, 6.07) is 3.89. The molecule has 1 unspecified atom stereocenters. The van der Waals surface area contributed by atoms with Crippen LogP contribution in [0.4, 0.5) is 0 Å². The summed E-state index contributed by atoms with van der Waals surface area (Å²) in [4.78, 5) is 13.4. The Kier molecular flexibility index (Phi) is 5.83. The fourth-order valence-corrected chi connectivity index (χ4v) is 3.13. The normalized spacial score (nSPS) is 19.1. The van der Waals surface area contributed by atoms with Crippen LogP contribution < -0.4 is 4.74 Å². The largest absolute Gasteiger partial charge is 0.493 e. The average Bonchev–Trinajstić information content (AvgIpc) is 2.50. The van der Waals surface area contributed by atoms with Crippen LogP contribution in [0.5, 0.6) is 5.75 Å². The number of carbonyl (C=O) groups is 1. The number of nitrogens with zero attached hydrogens (tertiary/aromatic N) is 1. The van der Waals surface area contributed by atoms with Crippen LogP contribution in [0.25, 0.3) is 0 Å². The third kappa shape index (κ3) is 4.01. The molecule has 0 bridgehead atoms. The highest BCUT2D eigenvalue weighted by Gasteiger charge is 2.27. The molecule has 1 aliphatic heterocycles. The van der Waals surface area contributed by atoms with E-state index in [0.717, 1.165) is 50.1 Å². The van der Waals surface area contributed by atoms with Gasteiger partial charge in [0, 0.05) is 6.54 Å². The third-order valence-electron chi connectivity index (χ3n) is 4.61. The molecule has 0 aromatic heterocycles. The van der Waals surface area contributed by atoms with E-state index in [1.807, 2.05) is 0 Å². The first-order valence-corrected chi connectivity index (χ1v) is 8.17. The monoisotopic (exact) mass is 305 g/mol. The standard InChI is InChI=1S/C18H27NO3/c1-13-8-9-14(2)17(15(13)3)22-12-6-11-19-10-5-4-7-16(19)18(20)21/h8-9,16H,4-7,10-12H2,1-3H3,(H,20,21). The minimum absolute atomic E-state index is 0.309. The van der Waals surface area contributed by atoms with Gasteiger partial charge in [-0.05, 0) is 63.3 Å². The van der Waals surface area contributed by atoms with Crippen molar-refractivity contribution in [1.82, 2.24) is 4.90 Å². The Morgan fingerprint density at radius 3 is 2.73 bits per heavy atom. The van der Waals surface area contributed by atoms with Gasteiger partial charge in [0.05, 0.1) is 6.61 Å². The molecule has 122 valence electrons. The Bertz CT molecular complexity index is 527. The van der Waals surface area contributed by atoms with Crippen LogP contribution in [0, 0.1) is 20.8 Å². The number of piperidine rings is 1. The van der Waals surface area contributed by atoms with E-state index in [-0.39, 0.29) is 6.04 Å². The van der Waals surface area contributed by atoms with Gasteiger partial charge in [-0.2, -0.15) is 0 Å². The molecule has 1 atom stereocenters. The topological polar surface area (TPSA) is 49.8 Å². The fraction of sp³-hybridized carbons (Fsp3) is 0.611. The summed E-state index contributed by atoms with van der Waals surface area (Å²) in [7, 11) is 0. The highest BCUT2D eigenvalue weighted by atomic mass is 16.5. The molecule has 1 aromatic carbocycles. The molecule has 0 amide bonds. The number of ether oxygens (including phenoxy) is 1. The van der Waals surface area contributed by atoms with Crippen molar-refractivity contribution in [3.05, 3.63) is 28.8 Å². The van der Waals surface area contributed by atoms with Crippen LogP contribution in [0.3, 0.4) is 0 Å². The van der Waals surface area contributed by atoms with Crippen LogP contribution in [0.15, 0.2) is 12.1 Å². The van der Waals surface area contributed by atoms with Crippen LogP contribution in [0.2, 0.25) is 0 Å². The predicted octanol–water partition coefficient (Wildman–Crippen LogP) is 3.32. The van der Waals surface area contributed by atoms with Gasteiger partial charge in [0.2, 0.25) is 0 Å². The molecule has 1 heterocycles. The van der Waals surface area contributed by atoms with Gasteiger partial charge in [-0.25, -0.2) is 0 Å². The molecule has 4 nitrogen and oxygen atoms in total. The zero-order valence-corrected chi connectivity index (χ0v) is 13.9. The van der Waals surface area contributed by atoms with E-state index in [4.69, 9.17) is 4.74 Å². The molecule has 22 heavy (non-hydrogen) atoms. The van der Waals surface area contributed by atoms with Crippen LogP contribution >= 0.6 is 0 Å². The Hall–Kier alpha value is -1.55. The van der Waals surface area contributed by atoms with Crippen molar-refractivity contribution in [2.75, 3.05) is 19.7 Å². The van der Waals surface area contributed by atoms with E-state index in [2.05, 4.69) is 37.8 Å². The quantitative estimate of drug-likeness (QED) is 0.819. The zero-order chi connectivity index (χ0) is 16.1. The Morgan fingerprint density at radius 1 is 1.27 bits per heavy atom. The first kappa shape index (κ1) is 16.8. The molecular formula is C18H27NO3. The van der Waals surface area contributed by atoms with Gasteiger partial charge in [-0.1, -0.05) is 18.6 Å². The number of carboxylic acids is 1. The van der Waals surface area contributed by atoms with Crippen molar-refractivity contribution in [2.24, 2.45) is 0 Å². The highest BCUT2D eigenvalue weighted by molar-refractivity contribution is 5.73. The number of hydrogen-bond donors (Lipinski definition) is 1. The number of carboxylic acid groups (broad SMARTS) is 1. The number of aryl methyl sites for hydroxylation is 2. The molecule has 2 rings (SSSR count). The van der Waals surface area contributed by atoms with Crippen molar-refractivity contribution in [3.8, 4) is 5.75 Å². The lowest BCUT2D eigenvalue weighted by Gasteiger charge is -2.32. The van der Waals surface area contributed by atoms with Crippen molar-refractivity contribution < 1.29 is 14.6 Å². The molecule has 4 heteroatoms. The second kappa shape index (κ2) is 7.63.